The van der Waals surface area contributed by atoms with Crippen LogP contribution in [0.3, 0.4) is 0 Å². The third-order valence-corrected chi connectivity index (χ3v) is 4.31. The standard InChI is InChI=1S/C15H25N3/c1-10(11-5-6-11)18-13-7-8-16-9-12(13)17-14(18)15(2,3)4/h10-11,16H,5-9H2,1-4H3. The molecule has 1 unspecified atom stereocenters. The zero-order chi connectivity index (χ0) is 12.9. The Kier molecular flexibility index (Phi) is 2.77. The summed E-state index contributed by atoms with van der Waals surface area (Å²) in [6.45, 7) is 11.3. The molecular formula is C15H25N3. The molecule has 2 heterocycles. The molecule has 1 saturated carbocycles. The van der Waals surface area contributed by atoms with Gasteiger partial charge in [0.15, 0.2) is 0 Å². The molecule has 1 aromatic heterocycles. The van der Waals surface area contributed by atoms with Gasteiger partial charge in [-0.05, 0) is 25.7 Å². The molecule has 1 aliphatic carbocycles. The second-order valence-electron chi connectivity index (χ2n) is 6.95. The molecule has 3 rings (SSSR count). The molecule has 2 aliphatic rings. The van der Waals surface area contributed by atoms with Crippen molar-refractivity contribution in [2.45, 2.75) is 65.0 Å². The average molecular weight is 247 g/mol. The van der Waals surface area contributed by atoms with E-state index in [0.717, 1.165) is 25.4 Å². The minimum Gasteiger partial charge on any atom is -0.328 e. The maximum Gasteiger partial charge on any atom is 0.114 e. The predicted molar refractivity (Wildman–Crippen MR) is 73.8 cm³/mol. The Balaban J connectivity index is 2.09. The van der Waals surface area contributed by atoms with Gasteiger partial charge in [-0.15, -0.1) is 0 Å². The molecule has 1 aromatic rings. The molecule has 18 heavy (non-hydrogen) atoms. The first kappa shape index (κ1) is 12.2. The minimum atomic E-state index is 0.139. The zero-order valence-corrected chi connectivity index (χ0v) is 12.1. The van der Waals surface area contributed by atoms with E-state index in [1.54, 1.807) is 0 Å². The Morgan fingerprint density at radius 1 is 1.33 bits per heavy atom. The van der Waals surface area contributed by atoms with Gasteiger partial charge in [-0.25, -0.2) is 4.98 Å². The van der Waals surface area contributed by atoms with Crippen LogP contribution in [0.1, 0.15) is 63.8 Å². The monoisotopic (exact) mass is 247 g/mol. The largest absolute Gasteiger partial charge is 0.328 e. The van der Waals surface area contributed by atoms with E-state index in [1.807, 2.05) is 0 Å². The summed E-state index contributed by atoms with van der Waals surface area (Å²) in [6, 6.07) is 0.633. The number of fused-ring (bicyclic) bond motifs is 1. The van der Waals surface area contributed by atoms with E-state index in [2.05, 4.69) is 37.6 Å². The van der Waals surface area contributed by atoms with Crippen LogP contribution in [0.15, 0.2) is 0 Å². The fourth-order valence-electron chi connectivity index (χ4n) is 3.09. The van der Waals surface area contributed by atoms with E-state index in [0.29, 0.717) is 6.04 Å². The van der Waals surface area contributed by atoms with Crippen molar-refractivity contribution < 1.29 is 0 Å². The van der Waals surface area contributed by atoms with Gasteiger partial charge >= 0.3 is 0 Å². The Morgan fingerprint density at radius 3 is 2.67 bits per heavy atom. The van der Waals surface area contributed by atoms with Gasteiger partial charge in [-0.1, -0.05) is 20.8 Å². The summed E-state index contributed by atoms with van der Waals surface area (Å²) in [5.41, 5.74) is 2.93. The van der Waals surface area contributed by atoms with Gasteiger partial charge in [-0.2, -0.15) is 0 Å². The summed E-state index contributed by atoms with van der Waals surface area (Å²) in [5, 5.41) is 3.44. The van der Waals surface area contributed by atoms with Crippen LogP contribution in [0.5, 0.6) is 0 Å². The molecule has 0 radical (unpaired) electrons. The van der Waals surface area contributed by atoms with Crippen molar-refractivity contribution in [3.05, 3.63) is 17.2 Å². The van der Waals surface area contributed by atoms with Crippen LogP contribution in [-0.4, -0.2) is 16.1 Å². The molecule has 1 fully saturated rings. The SMILES string of the molecule is CC(C1CC1)n1c(C(C)(C)C)nc2c1CCNC2. The summed E-state index contributed by atoms with van der Waals surface area (Å²) in [6.07, 6.45) is 3.93. The number of nitrogens with one attached hydrogen (secondary N) is 1. The van der Waals surface area contributed by atoms with Crippen LogP contribution in [0.2, 0.25) is 0 Å². The van der Waals surface area contributed by atoms with Crippen LogP contribution in [0.4, 0.5) is 0 Å². The van der Waals surface area contributed by atoms with Crippen molar-refractivity contribution in [3.63, 3.8) is 0 Å². The smallest absolute Gasteiger partial charge is 0.114 e. The molecule has 0 spiro atoms. The highest BCUT2D eigenvalue weighted by Gasteiger charge is 2.35. The number of hydrogen-bond acceptors (Lipinski definition) is 2. The Morgan fingerprint density at radius 2 is 2.06 bits per heavy atom. The Bertz CT molecular complexity index is 449. The third kappa shape index (κ3) is 1.99. The van der Waals surface area contributed by atoms with Gasteiger partial charge in [-0.3, -0.25) is 0 Å². The predicted octanol–water partition coefficient (Wildman–Crippen LogP) is 2.80. The van der Waals surface area contributed by atoms with Crippen molar-refractivity contribution in [2.75, 3.05) is 6.54 Å². The lowest BCUT2D eigenvalue weighted by Crippen LogP contribution is -2.27. The molecule has 0 amide bonds. The van der Waals surface area contributed by atoms with Crippen molar-refractivity contribution in [1.29, 1.82) is 0 Å². The summed E-state index contributed by atoms with van der Waals surface area (Å²) in [4.78, 5) is 4.95. The fraction of sp³-hybridized carbons (Fsp3) is 0.800. The van der Waals surface area contributed by atoms with E-state index in [4.69, 9.17) is 4.98 Å². The second-order valence-corrected chi connectivity index (χ2v) is 6.95. The van der Waals surface area contributed by atoms with Crippen LogP contribution in [0, 0.1) is 5.92 Å². The maximum atomic E-state index is 4.95. The van der Waals surface area contributed by atoms with E-state index in [1.165, 1.54) is 30.1 Å². The quantitative estimate of drug-likeness (QED) is 0.871. The van der Waals surface area contributed by atoms with Gasteiger partial charge in [0.05, 0.1) is 5.69 Å². The molecule has 1 N–H and O–H groups in total. The average Bonchev–Trinajstić information content (AvgIpc) is 3.06. The molecule has 3 nitrogen and oxygen atoms in total. The zero-order valence-electron chi connectivity index (χ0n) is 12.1. The number of imidazole rings is 1. The highest BCUT2D eigenvalue weighted by molar-refractivity contribution is 5.25. The van der Waals surface area contributed by atoms with E-state index < -0.39 is 0 Å². The normalized spacial score (nSPS) is 21.8. The van der Waals surface area contributed by atoms with Crippen LogP contribution in [-0.2, 0) is 18.4 Å². The molecular weight excluding hydrogens is 222 g/mol. The van der Waals surface area contributed by atoms with Gasteiger partial charge in [0, 0.05) is 36.7 Å². The van der Waals surface area contributed by atoms with Crippen molar-refractivity contribution in [3.8, 4) is 0 Å². The van der Waals surface area contributed by atoms with Gasteiger partial charge in [0.1, 0.15) is 5.82 Å². The Hall–Kier alpha value is -0.830. The van der Waals surface area contributed by atoms with E-state index in [-0.39, 0.29) is 5.41 Å². The topological polar surface area (TPSA) is 29.9 Å². The number of aromatic nitrogens is 2. The number of hydrogen-bond donors (Lipinski definition) is 1. The first-order valence-electron chi connectivity index (χ1n) is 7.29. The summed E-state index contributed by atoms with van der Waals surface area (Å²) in [7, 11) is 0. The van der Waals surface area contributed by atoms with Gasteiger partial charge in [0.25, 0.3) is 0 Å². The van der Waals surface area contributed by atoms with Crippen molar-refractivity contribution >= 4 is 0 Å². The number of rotatable bonds is 2. The van der Waals surface area contributed by atoms with Crippen molar-refractivity contribution in [1.82, 2.24) is 14.9 Å². The lowest BCUT2D eigenvalue weighted by Gasteiger charge is -2.26. The van der Waals surface area contributed by atoms with Crippen LogP contribution < -0.4 is 5.32 Å². The lowest BCUT2D eigenvalue weighted by atomic mass is 9.95. The van der Waals surface area contributed by atoms with Gasteiger partial charge in [0.2, 0.25) is 0 Å². The summed E-state index contributed by atoms with van der Waals surface area (Å²) < 4.78 is 2.58. The summed E-state index contributed by atoms with van der Waals surface area (Å²) >= 11 is 0. The first-order valence-corrected chi connectivity index (χ1v) is 7.29. The lowest BCUT2D eigenvalue weighted by molar-refractivity contribution is 0.408. The summed E-state index contributed by atoms with van der Waals surface area (Å²) in [5.74, 6) is 2.18. The molecule has 100 valence electrons. The highest BCUT2D eigenvalue weighted by atomic mass is 15.2. The van der Waals surface area contributed by atoms with Crippen LogP contribution in [0.25, 0.3) is 0 Å². The molecule has 0 bridgehead atoms. The maximum absolute atomic E-state index is 4.95. The third-order valence-electron chi connectivity index (χ3n) is 4.31. The molecule has 0 saturated heterocycles. The first-order chi connectivity index (χ1) is 8.48. The van der Waals surface area contributed by atoms with Crippen molar-refractivity contribution in [2.24, 2.45) is 5.92 Å². The van der Waals surface area contributed by atoms with E-state index >= 15 is 0 Å². The fourth-order valence-corrected chi connectivity index (χ4v) is 3.09. The van der Waals surface area contributed by atoms with Crippen LogP contribution >= 0.6 is 0 Å². The number of nitrogens with zero attached hydrogens (tertiary/aromatic N) is 2. The van der Waals surface area contributed by atoms with E-state index in [9.17, 15) is 0 Å². The van der Waals surface area contributed by atoms with Gasteiger partial charge < -0.3 is 9.88 Å². The molecule has 0 aromatic carbocycles. The minimum absolute atomic E-state index is 0.139. The molecule has 1 atom stereocenters. The molecule has 1 aliphatic heterocycles. The Labute approximate surface area is 110 Å². The second kappa shape index (κ2) is 4.09. The highest BCUT2D eigenvalue weighted by Crippen LogP contribution is 2.42. The molecule has 3 heteroatoms.